The number of ether oxygens (including phenoxy) is 1. The zero-order chi connectivity index (χ0) is 20.6. The van der Waals surface area contributed by atoms with E-state index >= 15 is 0 Å². The first kappa shape index (κ1) is 29.3. The van der Waals surface area contributed by atoms with Crippen LogP contribution in [0.15, 0.2) is 59.4 Å². The van der Waals surface area contributed by atoms with Gasteiger partial charge in [-0.15, -0.1) is 0 Å². The summed E-state index contributed by atoms with van der Waals surface area (Å²) >= 11 is 0. The topological polar surface area (TPSA) is 9.23 Å². The van der Waals surface area contributed by atoms with Gasteiger partial charge in [0, 0.05) is 0 Å². The highest BCUT2D eigenvalue weighted by Gasteiger charge is 1.96. The molecule has 0 aliphatic rings. The molecular formula is C25H46O. The van der Waals surface area contributed by atoms with Crippen molar-refractivity contribution in [3.05, 3.63) is 59.4 Å². The fourth-order valence-corrected chi connectivity index (χ4v) is 2.01. The molecule has 0 unspecified atom stereocenters. The minimum absolute atomic E-state index is 0.938. The van der Waals surface area contributed by atoms with Crippen LogP contribution in [-0.4, -0.2) is 7.11 Å². The van der Waals surface area contributed by atoms with Crippen molar-refractivity contribution in [2.24, 2.45) is 0 Å². The summed E-state index contributed by atoms with van der Waals surface area (Å²) in [5.74, 6) is 0.940. The molecule has 0 saturated carbocycles. The Labute approximate surface area is 165 Å². The quantitative estimate of drug-likeness (QED) is 0.278. The van der Waals surface area contributed by atoms with Gasteiger partial charge in [-0.1, -0.05) is 96.8 Å². The van der Waals surface area contributed by atoms with Gasteiger partial charge in [0.15, 0.2) is 0 Å². The van der Waals surface area contributed by atoms with Crippen molar-refractivity contribution in [1.82, 2.24) is 0 Å². The van der Waals surface area contributed by atoms with Crippen LogP contribution >= 0.6 is 0 Å². The molecule has 26 heavy (non-hydrogen) atoms. The van der Waals surface area contributed by atoms with E-state index in [-0.39, 0.29) is 0 Å². The first-order chi connectivity index (χ1) is 12.6. The second-order valence-electron chi connectivity index (χ2n) is 5.65. The molecule has 0 aromatic rings. The van der Waals surface area contributed by atoms with Gasteiger partial charge < -0.3 is 4.74 Å². The molecular weight excluding hydrogens is 316 g/mol. The summed E-state index contributed by atoms with van der Waals surface area (Å²) in [5.41, 5.74) is 2.69. The SMILES string of the molecule is C/C=C\C=C(/CC)CC=C(/C=C(\C=C/C)CC)OC.CC.CCCCC. The van der Waals surface area contributed by atoms with Crippen LogP contribution < -0.4 is 0 Å². The van der Waals surface area contributed by atoms with Gasteiger partial charge >= 0.3 is 0 Å². The van der Waals surface area contributed by atoms with Gasteiger partial charge in [0.25, 0.3) is 0 Å². The lowest BCUT2D eigenvalue weighted by atomic mass is 10.1. The Bertz CT molecular complexity index is 417. The molecule has 0 spiro atoms. The van der Waals surface area contributed by atoms with Gasteiger partial charge in [0.05, 0.1) is 7.11 Å². The molecule has 0 aromatic carbocycles. The zero-order valence-electron chi connectivity index (χ0n) is 19.2. The van der Waals surface area contributed by atoms with Gasteiger partial charge in [0.2, 0.25) is 0 Å². The lowest BCUT2D eigenvalue weighted by Gasteiger charge is -2.05. The number of methoxy groups -OCH3 is 1. The van der Waals surface area contributed by atoms with E-state index in [1.165, 1.54) is 30.4 Å². The van der Waals surface area contributed by atoms with E-state index in [1.807, 2.05) is 27.7 Å². The van der Waals surface area contributed by atoms with E-state index in [2.05, 4.69) is 70.2 Å². The fourth-order valence-electron chi connectivity index (χ4n) is 2.01. The van der Waals surface area contributed by atoms with Crippen LogP contribution in [0.3, 0.4) is 0 Å². The highest BCUT2D eigenvalue weighted by atomic mass is 16.5. The summed E-state index contributed by atoms with van der Waals surface area (Å²) in [6, 6.07) is 0. The van der Waals surface area contributed by atoms with Crippen molar-refractivity contribution >= 4 is 0 Å². The third-order valence-corrected chi connectivity index (χ3v) is 3.60. The normalized spacial score (nSPS) is 12.6. The highest BCUT2D eigenvalue weighted by molar-refractivity contribution is 5.28. The van der Waals surface area contributed by atoms with Gasteiger partial charge in [-0.05, 0) is 50.8 Å². The Hall–Kier alpha value is -1.50. The van der Waals surface area contributed by atoms with Gasteiger partial charge in [-0.3, -0.25) is 0 Å². The third kappa shape index (κ3) is 20.5. The summed E-state index contributed by atoms with van der Waals surface area (Å²) in [6.45, 7) is 16.8. The van der Waals surface area contributed by atoms with Crippen LogP contribution in [0.2, 0.25) is 0 Å². The molecule has 0 saturated heterocycles. The molecule has 152 valence electrons. The van der Waals surface area contributed by atoms with E-state index < -0.39 is 0 Å². The van der Waals surface area contributed by atoms with Crippen LogP contribution in [0.25, 0.3) is 0 Å². The molecule has 1 heteroatoms. The minimum atomic E-state index is 0.938. The predicted octanol–water partition coefficient (Wildman–Crippen LogP) is 8.95. The van der Waals surface area contributed by atoms with Crippen molar-refractivity contribution in [2.45, 2.75) is 93.9 Å². The number of rotatable bonds is 10. The first-order valence-electron chi connectivity index (χ1n) is 10.5. The molecule has 0 radical (unpaired) electrons. The molecule has 0 amide bonds. The maximum absolute atomic E-state index is 5.43. The molecule has 0 fully saturated rings. The Kier molecular flexibility index (Phi) is 29.0. The molecule has 1 nitrogen and oxygen atoms in total. The Morgan fingerprint density at radius 3 is 1.85 bits per heavy atom. The number of allylic oxidation sites excluding steroid dienone is 9. The summed E-state index contributed by atoms with van der Waals surface area (Å²) in [4.78, 5) is 0. The zero-order valence-corrected chi connectivity index (χ0v) is 19.2. The van der Waals surface area contributed by atoms with Crippen LogP contribution in [0.5, 0.6) is 0 Å². The van der Waals surface area contributed by atoms with Crippen LogP contribution in [0, 0.1) is 0 Å². The number of hydrogen-bond donors (Lipinski definition) is 0. The summed E-state index contributed by atoms with van der Waals surface area (Å²) in [5, 5.41) is 0. The van der Waals surface area contributed by atoms with E-state index in [0.29, 0.717) is 0 Å². The molecule has 0 N–H and O–H groups in total. The maximum atomic E-state index is 5.43. The molecule has 0 heterocycles. The number of hydrogen-bond acceptors (Lipinski definition) is 1. The Morgan fingerprint density at radius 2 is 1.50 bits per heavy atom. The smallest absolute Gasteiger partial charge is 0.115 e. The lowest BCUT2D eigenvalue weighted by molar-refractivity contribution is 0.305. The average Bonchev–Trinajstić information content (AvgIpc) is 2.69. The van der Waals surface area contributed by atoms with E-state index in [4.69, 9.17) is 4.74 Å². The largest absolute Gasteiger partial charge is 0.497 e. The molecule has 0 aromatic heterocycles. The van der Waals surface area contributed by atoms with Gasteiger partial charge in [0.1, 0.15) is 5.76 Å². The number of unbranched alkanes of at least 4 members (excludes halogenated alkanes) is 2. The Balaban J connectivity index is -0.000000645. The standard InChI is InChI=1S/C18H28O.C5H12.C2H6/c1-6-10-12-16(8-3)13-14-18(19-5)15-17(9-4)11-7-2;1-3-5-4-2;1-2/h6-7,10-12,14-15H,8-9,13H2,1-5H3;3-5H2,1-2H3;1-2H3/b10-6-,11-7-,16-12+,17-15-,18-14?;;. The average molecular weight is 363 g/mol. The minimum Gasteiger partial charge on any atom is -0.497 e. The summed E-state index contributed by atoms with van der Waals surface area (Å²) < 4.78 is 5.43. The maximum Gasteiger partial charge on any atom is 0.115 e. The van der Waals surface area contributed by atoms with Crippen LogP contribution in [-0.2, 0) is 4.74 Å². The monoisotopic (exact) mass is 362 g/mol. The van der Waals surface area contributed by atoms with E-state index in [0.717, 1.165) is 25.0 Å². The molecule has 0 aliphatic heterocycles. The molecule has 0 bridgehead atoms. The molecule has 0 aliphatic carbocycles. The predicted molar refractivity (Wildman–Crippen MR) is 123 cm³/mol. The van der Waals surface area contributed by atoms with Crippen molar-refractivity contribution in [2.75, 3.05) is 7.11 Å². The van der Waals surface area contributed by atoms with Crippen LogP contribution in [0.4, 0.5) is 0 Å². The summed E-state index contributed by atoms with van der Waals surface area (Å²) in [6.07, 6.45) is 21.9. The van der Waals surface area contributed by atoms with Crippen molar-refractivity contribution in [3.8, 4) is 0 Å². The second kappa shape index (κ2) is 25.7. The molecule has 0 atom stereocenters. The van der Waals surface area contributed by atoms with Crippen molar-refractivity contribution in [1.29, 1.82) is 0 Å². The Morgan fingerprint density at radius 1 is 0.885 bits per heavy atom. The fraction of sp³-hybridized carbons (Fsp3) is 0.600. The summed E-state index contributed by atoms with van der Waals surface area (Å²) in [7, 11) is 1.73. The van der Waals surface area contributed by atoms with Gasteiger partial charge in [-0.2, -0.15) is 0 Å². The van der Waals surface area contributed by atoms with Crippen molar-refractivity contribution in [3.63, 3.8) is 0 Å². The molecule has 0 rings (SSSR count). The van der Waals surface area contributed by atoms with E-state index in [9.17, 15) is 0 Å². The second-order valence-corrected chi connectivity index (χ2v) is 5.65. The van der Waals surface area contributed by atoms with Crippen LogP contribution in [0.1, 0.15) is 93.9 Å². The van der Waals surface area contributed by atoms with Gasteiger partial charge in [-0.25, -0.2) is 0 Å². The highest BCUT2D eigenvalue weighted by Crippen LogP contribution is 2.14. The first-order valence-corrected chi connectivity index (χ1v) is 10.5. The van der Waals surface area contributed by atoms with Crippen molar-refractivity contribution < 1.29 is 4.74 Å². The third-order valence-electron chi connectivity index (χ3n) is 3.60. The van der Waals surface area contributed by atoms with E-state index in [1.54, 1.807) is 7.11 Å². The lowest BCUT2D eigenvalue weighted by Crippen LogP contribution is -1.87.